The van der Waals surface area contributed by atoms with Gasteiger partial charge in [0.05, 0.1) is 5.39 Å². The van der Waals surface area contributed by atoms with Gasteiger partial charge in [-0.2, -0.15) is 0 Å². The first-order valence-electron chi connectivity index (χ1n) is 5.83. The highest BCUT2D eigenvalue weighted by Gasteiger charge is 2.20. The van der Waals surface area contributed by atoms with Gasteiger partial charge in [-0.05, 0) is 25.5 Å². The van der Waals surface area contributed by atoms with E-state index >= 15 is 0 Å². The van der Waals surface area contributed by atoms with Crippen LogP contribution in [-0.4, -0.2) is 13.1 Å². The highest BCUT2D eigenvalue weighted by molar-refractivity contribution is 5.78. The Kier molecular flexibility index (Phi) is 2.59. The zero-order valence-corrected chi connectivity index (χ0v) is 9.30. The van der Waals surface area contributed by atoms with Crippen molar-refractivity contribution in [3.63, 3.8) is 0 Å². The molecule has 1 N–H and O–H groups in total. The second-order valence-corrected chi connectivity index (χ2v) is 4.49. The summed E-state index contributed by atoms with van der Waals surface area (Å²) in [6.07, 6.45) is 2.11. The third-order valence-corrected chi connectivity index (χ3v) is 3.27. The van der Waals surface area contributed by atoms with E-state index in [9.17, 15) is 8.78 Å². The summed E-state index contributed by atoms with van der Waals surface area (Å²) in [6, 6.07) is 3.82. The lowest BCUT2D eigenvalue weighted by atomic mass is 9.97. The first-order chi connectivity index (χ1) is 8.24. The Balaban J connectivity index is 2.03. The molecule has 0 bridgehead atoms. The van der Waals surface area contributed by atoms with Crippen LogP contribution in [0.15, 0.2) is 22.6 Å². The molecule has 0 saturated carbocycles. The normalized spacial score (nSPS) is 20.9. The minimum absolute atomic E-state index is 0.263. The van der Waals surface area contributed by atoms with E-state index in [4.69, 9.17) is 4.42 Å². The summed E-state index contributed by atoms with van der Waals surface area (Å²) in [5, 5.41) is 3.64. The highest BCUT2D eigenvalue weighted by Crippen LogP contribution is 2.30. The molecule has 1 aliphatic rings. The van der Waals surface area contributed by atoms with E-state index < -0.39 is 11.6 Å². The molecule has 17 heavy (non-hydrogen) atoms. The molecule has 4 heteroatoms. The fourth-order valence-corrected chi connectivity index (χ4v) is 2.38. The van der Waals surface area contributed by atoms with Crippen LogP contribution in [-0.2, 0) is 0 Å². The van der Waals surface area contributed by atoms with Crippen LogP contribution in [0.3, 0.4) is 0 Å². The first-order valence-corrected chi connectivity index (χ1v) is 5.83. The minimum atomic E-state index is -0.599. The molecule has 1 aliphatic heterocycles. The fourth-order valence-electron chi connectivity index (χ4n) is 2.38. The minimum Gasteiger partial charge on any atom is -0.461 e. The van der Waals surface area contributed by atoms with E-state index in [1.807, 2.05) is 0 Å². The molecule has 3 rings (SSSR count). The molecule has 90 valence electrons. The third kappa shape index (κ3) is 1.93. The van der Waals surface area contributed by atoms with Gasteiger partial charge in [-0.15, -0.1) is 0 Å². The number of fused-ring (bicyclic) bond motifs is 1. The summed E-state index contributed by atoms with van der Waals surface area (Å²) in [5.74, 6) is -0.147. The number of hydrogen-bond donors (Lipinski definition) is 1. The van der Waals surface area contributed by atoms with Crippen LogP contribution < -0.4 is 5.32 Å². The second kappa shape index (κ2) is 4.11. The SMILES string of the molecule is Fc1cc(F)c2cc(C3CCCNC3)oc2c1. The average Bonchev–Trinajstić information content (AvgIpc) is 2.74. The van der Waals surface area contributed by atoms with Crippen molar-refractivity contribution in [1.29, 1.82) is 0 Å². The summed E-state index contributed by atoms with van der Waals surface area (Å²) in [5.41, 5.74) is 0.295. The van der Waals surface area contributed by atoms with Crippen molar-refractivity contribution in [3.8, 4) is 0 Å². The molecule has 1 aromatic carbocycles. The van der Waals surface area contributed by atoms with Crippen LogP contribution in [0, 0.1) is 11.6 Å². The van der Waals surface area contributed by atoms with Gasteiger partial charge in [0.25, 0.3) is 0 Å². The van der Waals surface area contributed by atoms with Crippen molar-refractivity contribution in [2.45, 2.75) is 18.8 Å². The molecule has 1 fully saturated rings. The van der Waals surface area contributed by atoms with Gasteiger partial charge in [-0.1, -0.05) is 0 Å². The zero-order chi connectivity index (χ0) is 11.8. The number of piperidine rings is 1. The van der Waals surface area contributed by atoms with Crippen LogP contribution in [0.5, 0.6) is 0 Å². The molecule has 1 aromatic heterocycles. The van der Waals surface area contributed by atoms with E-state index in [0.717, 1.165) is 37.8 Å². The predicted molar refractivity (Wildman–Crippen MR) is 61.0 cm³/mol. The number of nitrogens with one attached hydrogen (secondary N) is 1. The summed E-state index contributed by atoms with van der Waals surface area (Å²) in [6.45, 7) is 1.85. The van der Waals surface area contributed by atoms with Gasteiger partial charge in [-0.3, -0.25) is 0 Å². The molecule has 1 unspecified atom stereocenters. The summed E-state index contributed by atoms with van der Waals surface area (Å²) in [7, 11) is 0. The molecule has 0 spiro atoms. The molecule has 2 heterocycles. The van der Waals surface area contributed by atoms with Crippen molar-refractivity contribution in [2.75, 3.05) is 13.1 Å². The Labute approximate surface area is 97.6 Å². The number of furan rings is 1. The fraction of sp³-hybridized carbons (Fsp3) is 0.385. The van der Waals surface area contributed by atoms with Crippen molar-refractivity contribution in [3.05, 3.63) is 35.6 Å². The third-order valence-electron chi connectivity index (χ3n) is 3.27. The van der Waals surface area contributed by atoms with E-state index in [1.54, 1.807) is 6.07 Å². The van der Waals surface area contributed by atoms with Crippen molar-refractivity contribution >= 4 is 11.0 Å². The van der Waals surface area contributed by atoms with Crippen LogP contribution in [0.4, 0.5) is 8.78 Å². The van der Waals surface area contributed by atoms with Gasteiger partial charge in [0.15, 0.2) is 0 Å². The monoisotopic (exact) mass is 237 g/mol. The maximum Gasteiger partial charge on any atom is 0.140 e. The highest BCUT2D eigenvalue weighted by atomic mass is 19.1. The van der Waals surface area contributed by atoms with Crippen molar-refractivity contribution in [1.82, 2.24) is 5.32 Å². The van der Waals surface area contributed by atoms with E-state index in [2.05, 4.69) is 5.32 Å². The molecule has 0 amide bonds. The number of benzene rings is 1. The van der Waals surface area contributed by atoms with Crippen molar-refractivity contribution in [2.24, 2.45) is 0 Å². The van der Waals surface area contributed by atoms with Gasteiger partial charge in [0.1, 0.15) is 23.0 Å². The first kappa shape index (κ1) is 10.7. The standard InChI is InChI=1S/C13H13F2NO/c14-9-4-11(15)10-6-12(17-13(10)5-9)8-2-1-3-16-7-8/h4-6,8,16H,1-3,7H2. The molecule has 0 aliphatic carbocycles. The van der Waals surface area contributed by atoms with Crippen LogP contribution in [0.1, 0.15) is 24.5 Å². The topological polar surface area (TPSA) is 25.2 Å². The molecular formula is C13H13F2NO. The lowest BCUT2D eigenvalue weighted by molar-refractivity contribution is 0.399. The number of hydrogen-bond acceptors (Lipinski definition) is 2. The van der Waals surface area contributed by atoms with Gasteiger partial charge in [0.2, 0.25) is 0 Å². The Bertz CT molecular complexity index is 544. The molecule has 1 atom stereocenters. The lowest BCUT2D eigenvalue weighted by Crippen LogP contribution is -2.28. The van der Waals surface area contributed by atoms with Crippen LogP contribution >= 0.6 is 0 Å². The summed E-state index contributed by atoms with van der Waals surface area (Å²) in [4.78, 5) is 0. The molecule has 1 saturated heterocycles. The molecule has 2 aromatic rings. The van der Waals surface area contributed by atoms with Gasteiger partial charge < -0.3 is 9.73 Å². The number of halogens is 2. The van der Waals surface area contributed by atoms with Crippen molar-refractivity contribution < 1.29 is 13.2 Å². The Morgan fingerprint density at radius 1 is 1.24 bits per heavy atom. The van der Waals surface area contributed by atoms with Gasteiger partial charge >= 0.3 is 0 Å². The zero-order valence-electron chi connectivity index (χ0n) is 9.30. The largest absolute Gasteiger partial charge is 0.461 e. The second-order valence-electron chi connectivity index (χ2n) is 4.49. The van der Waals surface area contributed by atoms with Crippen LogP contribution in [0.25, 0.3) is 11.0 Å². The molecule has 0 radical (unpaired) electrons. The van der Waals surface area contributed by atoms with Gasteiger partial charge in [0, 0.05) is 24.6 Å². The maximum atomic E-state index is 13.5. The smallest absolute Gasteiger partial charge is 0.140 e. The Morgan fingerprint density at radius 3 is 2.88 bits per heavy atom. The van der Waals surface area contributed by atoms with E-state index in [0.29, 0.717) is 11.0 Å². The predicted octanol–water partition coefficient (Wildman–Crippen LogP) is 3.18. The Morgan fingerprint density at radius 2 is 2.12 bits per heavy atom. The average molecular weight is 237 g/mol. The maximum absolute atomic E-state index is 13.5. The number of rotatable bonds is 1. The summed E-state index contributed by atoms with van der Waals surface area (Å²) >= 11 is 0. The van der Waals surface area contributed by atoms with E-state index in [-0.39, 0.29) is 5.92 Å². The summed E-state index contributed by atoms with van der Waals surface area (Å²) < 4.78 is 32.1. The molecule has 2 nitrogen and oxygen atoms in total. The Hall–Kier alpha value is -1.42. The van der Waals surface area contributed by atoms with Crippen LogP contribution in [0.2, 0.25) is 0 Å². The van der Waals surface area contributed by atoms with E-state index in [1.165, 1.54) is 6.07 Å². The van der Waals surface area contributed by atoms with Gasteiger partial charge in [-0.25, -0.2) is 8.78 Å². The lowest BCUT2D eigenvalue weighted by Gasteiger charge is -2.20. The quantitative estimate of drug-likeness (QED) is 0.824. The molecular weight excluding hydrogens is 224 g/mol.